The van der Waals surface area contributed by atoms with Crippen LogP contribution in [0.25, 0.3) is 0 Å². The van der Waals surface area contributed by atoms with E-state index >= 15 is 0 Å². The Morgan fingerprint density at radius 3 is 2.55 bits per heavy atom. The average molecular weight is 435 g/mol. The van der Waals surface area contributed by atoms with Gasteiger partial charge in [-0.25, -0.2) is 14.6 Å². The number of amides is 2. The third kappa shape index (κ3) is 8.59. The number of carbonyl (C=O) groups excluding carboxylic acids is 2. The zero-order valence-corrected chi connectivity index (χ0v) is 19.5. The lowest BCUT2D eigenvalue weighted by Gasteiger charge is -2.29. The molecule has 1 saturated carbocycles. The number of nitrogens with one attached hydrogen (secondary N) is 3. The topological polar surface area (TPSA) is 108 Å². The van der Waals surface area contributed by atoms with Gasteiger partial charge in [-0.1, -0.05) is 13.8 Å². The van der Waals surface area contributed by atoms with Crippen LogP contribution >= 0.6 is 0 Å². The summed E-state index contributed by atoms with van der Waals surface area (Å²) in [7, 11) is 3.91. The van der Waals surface area contributed by atoms with E-state index in [9.17, 15) is 9.59 Å². The monoisotopic (exact) mass is 434 g/mol. The number of carbonyl (C=O) groups is 2. The van der Waals surface area contributed by atoms with Crippen molar-refractivity contribution in [2.75, 3.05) is 37.5 Å². The second-order valence-electron chi connectivity index (χ2n) is 8.78. The molecular weight excluding hydrogens is 396 g/mol. The Labute approximate surface area is 185 Å². The lowest BCUT2D eigenvalue weighted by atomic mass is 9.86. The minimum absolute atomic E-state index is 0.278. The molecule has 0 spiro atoms. The fourth-order valence-electron chi connectivity index (χ4n) is 3.74. The molecule has 1 fully saturated rings. The third-order valence-corrected chi connectivity index (χ3v) is 5.41. The van der Waals surface area contributed by atoms with Crippen LogP contribution in [0.3, 0.4) is 0 Å². The lowest BCUT2D eigenvalue weighted by molar-refractivity contribution is -0.145. The molecule has 0 saturated heterocycles. The number of esters is 1. The molecular formula is C22H38N6O3. The van der Waals surface area contributed by atoms with Crippen molar-refractivity contribution in [3.05, 3.63) is 12.3 Å². The largest absolute Gasteiger partial charge is 0.464 e. The number of hydrogen-bond acceptors (Lipinski definition) is 7. The Morgan fingerprint density at radius 1 is 1.23 bits per heavy atom. The van der Waals surface area contributed by atoms with Gasteiger partial charge in [-0.3, -0.25) is 0 Å². The highest BCUT2D eigenvalue weighted by Gasteiger charge is 2.25. The minimum Gasteiger partial charge on any atom is -0.464 e. The maximum atomic E-state index is 12.3. The van der Waals surface area contributed by atoms with Crippen molar-refractivity contribution in [2.24, 2.45) is 11.8 Å². The van der Waals surface area contributed by atoms with Crippen LogP contribution in [-0.4, -0.2) is 61.3 Å². The number of aromatic nitrogens is 2. The highest BCUT2D eigenvalue weighted by atomic mass is 16.5. The molecule has 0 aromatic carbocycles. The van der Waals surface area contributed by atoms with Gasteiger partial charge in [-0.05, 0) is 56.9 Å². The standard InChI is InChI=1S/C22H38N6O3/c1-6-31-20(29)18(13-15(2)3)26-22(30)24-14-16-7-9-17(10-8-16)25-21-23-12-11-19(27-21)28(4)5/h11-12,15-18H,6-10,13-14H2,1-5H3,(H,23,25,27)(H2,24,26,30). The SMILES string of the molecule is CCOC(=O)C(CC(C)C)NC(=O)NCC1CCC(Nc2nccc(N(C)C)n2)CC1. The number of anilines is 2. The van der Waals surface area contributed by atoms with Crippen LogP contribution in [-0.2, 0) is 9.53 Å². The van der Waals surface area contributed by atoms with E-state index in [2.05, 4.69) is 25.9 Å². The number of ether oxygens (including phenoxy) is 1. The molecule has 1 aromatic heterocycles. The third-order valence-electron chi connectivity index (χ3n) is 5.41. The first kappa shape index (κ1) is 24.7. The quantitative estimate of drug-likeness (QED) is 0.486. The number of nitrogens with zero attached hydrogens (tertiary/aromatic N) is 3. The first-order valence-electron chi connectivity index (χ1n) is 11.3. The molecule has 3 N–H and O–H groups in total. The normalized spacial score (nSPS) is 19.4. The van der Waals surface area contributed by atoms with Crippen LogP contribution in [0, 0.1) is 11.8 Å². The highest BCUT2D eigenvalue weighted by molar-refractivity contribution is 5.83. The van der Waals surface area contributed by atoms with Crippen molar-refractivity contribution < 1.29 is 14.3 Å². The maximum absolute atomic E-state index is 12.3. The summed E-state index contributed by atoms with van der Waals surface area (Å²) in [5, 5.41) is 9.13. The number of rotatable bonds is 10. The number of urea groups is 1. The molecule has 1 aliphatic rings. The maximum Gasteiger partial charge on any atom is 0.328 e. The van der Waals surface area contributed by atoms with Gasteiger partial charge in [0.05, 0.1) is 6.61 Å². The van der Waals surface area contributed by atoms with Crippen LogP contribution in [0.1, 0.15) is 52.9 Å². The molecule has 0 bridgehead atoms. The molecule has 31 heavy (non-hydrogen) atoms. The minimum atomic E-state index is -0.613. The van der Waals surface area contributed by atoms with E-state index in [1.807, 2.05) is 38.9 Å². The summed E-state index contributed by atoms with van der Waals surface area (Å²) in [6, 6.07) is 1.29. The molecule has 1 unspecified atom stereocenters. The summed E-state index contributed by atoms with van der Waals surface area (Å²) in [6.07, 6.45) is 6.35. The molecule has 0 aliphatic heterocycles. The van der Waals surface area contributed by atoms with Gasteiger partial charge >= 0.3 is 12.0 Å². The van der Waals surface area contributed by atoms with E-state index in [-0.39, 0.29) is 17.9 Å². The van der Waals surface area contributed by atoms with Crippen molar-refractivity contribution in [2.45, 2.75) is 65.0 Å². The molecule has 9 heteroatoms. The number of hydrogen-bond donors (Lipinski definition) is 3. The van der Waals surface area contributed by atoms with Gasteiger partial charge in [0.1, 0.15) is 11.9 Å². The van der Waals surface area contributed by atoms with Crippen molar-refractivity contribution in [3.8, 4) is 0 Å². The predicted octanol–water partition coefficient (Wildman–Crippen LogP) is 2.79. The predicted molar refractivity (Wildman–Crippen MR) is 122 cm³/mol. The first-order chi connectivity index (χ1) is 14.8. The molecule has 174 valence electrons. The lowest BCUT2D eigenvalue weighted by Crippen LogP contribution is -2.48. The molecule has 1 aliphatic carbocycles. The summed E-state index contributed by atoms with van der Waals surface area (Å²) >= 11 is 0. The zero-order chi connectivity index (χ0) is 22.8. The first-order valence-corrected chi connectivity index (χ1v) is 11.3. The second kappa shape index (κ2) is 12.3. The Bertz CT molecular complexity index is 704. The van der Waals surface area contributed by atoms with Crippen molar-refractivity contribution in [1.29, 1.82) is 0 Å². The molecule has 9 nitrogen and oxygen atoms in total. The van der Waals surface area contributed by atoms with E-state index < -0.39 is 6.04 Å². The molecule has 1 atom stereocenters. The van der Waals surface area contributed by atoms with Crippen LogP contribution in [0.15, 0.2) is 12.3 Å². The summed E-state index contributed by atoms with van der Waals surface area (Å²) in [5.41, 5.74) is 0. The van der Waals surface area contributed by atoms with E-state index in [1.165, 1.54) is 0 Å². The zero-order valence-electron chi connectivity index (χ0n) is 19.5. The summed E-state index contributed by atoms with van der Waals surface area (Å²) < 4.78 is 5.08. The summed E-state index contributed by atoms with van der Waals surface area (Å²) in [6.45, 7) is 6.70. The average Bonchev–Trinajstić information content (AvgIpc) is 2.73. The van der Waals surface area contributed by atoms with Crippen LogP contribution in [0.2, 0.25) is 0 Å². The van der Waals surface area contributed by atoms with Crippen LogP contribution in [0.4, 0.5) is 16.6 Å². The van der Waals surface area contributed by atoms with Gasteiger partial charge in [-0.15, -0.1) is 0 Å². The Morgan fingerprint density at radius 2 is 1.94 bits per heavy atom. The van der Waals surface area contributed by atoms with E-state index in [1.54, 1.807) is 13.1 Å². The van der Waals surface area contributed by atoms with Gasteiger partial charge in [0.25, 0.3) is 0 Å². The highest BCUT2D eigenvalue weighted by Crippen LogP contribution is 2.25. The van der Waals surface area contributed by atoms with E-state index in [4.69, 9.17) is 4.74 Å². The summed E-state index contributed by atoms with van der Waals surface area (Å²) in [4.78, 5) is 35.2. The van der Waals surface area contributed by atoms with Crippen molar-refractivity contribution in [3.63, 3.8) is 0 Å². The molecule has 2 amide bonds. The fraction of sp³-hybridized carbons (Fsp3) is 0.727. The molecule has 2 rings (SSSR count). The van der Waals surface area contributed by atoms with Gasteiger partial charge in [0.2, 0.25) is 5.95 Å². The van der Waals surface area contributed by atoms with Gasteiger partial charge < -0.3 is 25.6 Å². The van der Waals surface area contributed by atoms with Crippen molar-refractivity contribution >= 4 is 23.8 Å². The summed E-state index contributed by atoms with van der Waals surface area (Å²) in [5.74, 6) is 1.85. The van der Waals surface area contributed by atoms with Crippen LogP contribution < -0.4 is 20.9 Å². The van der Waals surface area contributed by atoms with Gasteiger partial charge in [0.15, 0.2) is 0 Å². The van der Waals surface area contributed by atoms with Crippen LogP contribution in [0.5, 0.6) is 0 Å². The molecule has 1 heterocycles. The fourth-order valence-corrected chi connectivity index (χ4v) is 3.74. The van der Waals surface area contributed by atoms with Gasteiger partial charge in [-0.2, -0.15) is 4.98 Å². The Balaban J connectivity index is 1.74. The second-order valence-corrected chi connectivity index (χ2v) is 8.78. The molecule has 0 radical (unpaired) electrons. The smallest absolute Gasteiger partial charge is 0.328 e. The Kier molecular flexibility index (Phi) is 9.81. The van der Waals surface area contributed by atoms with E-state index in [0.29, 0.717) is 37.5 Å². The van der Waals surface area contributed by atoms with Crippen molar-refractivity contribution in [1.82, 2.24) is 20.6 Å². The van der Waals surface area contributed by atoms with E-state index in [0.717, 1.165) is 31.5 Å². The Hall–Kier alpha value is -2.58. The van der Waals surface area contributed by atoms with Gasteiger partial charge in [0, 0.05) is 32.9 Å². The molecule has 1 aromatic rings.